The van der Waals surface area contributed by atoms with Gasteiger partial charge in [0.2, 0.25) is 0 Å². The number of morpholine rings is 1. The van der Waals surface area contributed by atoms with Crippen molar-refractivity contribution < 1.29 is 24.1 Å². The third kappa shape index (κ3) is 6.54. The monoisotopic (exact) mass is 714 g/mol. The Balaban J connectivity index is 0.00000200. The lowest BCUT2D eigenvalue weighted by Crippen LogP contribution is -2.56. The molecule has 1 N–H and O–H groups in total. The lowest BCUT2D eigenvalue weighted by molar-refractivity contribution is -0.245. The summed E-state index contributed by atoms with van der Waals surface area (Å²) in [7, 11) is 0. The molecule has 51 heavy (non-hydrogen) atoms. The normalized spacial score (nSPS) is 47.1. The molecule has 6 saturated carbocycles. The van der Waals surface area contributed by atoms with Crippen LogP contribution in [0.3, 0.4) is 0 Å². The topological polar surface area (TPSA) is 60.4 Å². The SMILES string of the molecule is CC.CCO[C@@H](C1CCC2C(O1)C(C)C1C3CC[C@H]4C(C)(C)[C@@H](OC5CN(CCC6CCCCC6)CCO5)CC[C@@]45C[C@@]35CC[C@]21C)C(C)(C)O. The molecule has 8 aliphatic rings. The van der Waals surface area contributed by atoms with E-state index in [9.17, 15) is 5.11 Å². The van der Waals surface area contributed by atoms with Crippen molar-refractivity contribution in [2.75, 3.05) is 32.8 Å². The Kier molecular flexibility index (Phi) is 11.2. The fourth-order valence-electron chi connectivity index (χ4n) is 15.2. The van der Waals surface area contributed by atoms with Crippen molar-refractivity contribution in [2.45, 2.75) is 195 Å². The molecule has 7 unspecified atom stereocenters. The van der Waals surface area contributed by atoms with Gasteiger partial charge in [-0.1, -0.05) is 73.6 Å². The molecule has 2 heterocycles. The molecule has 0 amide bonds. The van der Waals surface area contributed by atoms with Crippen LogP contribution in [0.2, 0.25) is 0 Å². The molecule has 6 aliphatic carbocycles. The predicted octanol–water partition coefficient (Wildman–Crippen LogP) is 9.66. The van der Waals surface area contributed by atoms with Crippen LogP contribution in [-0.2, 0) is 18.9 Å². The van der Waals surface area contributed by atoms with Gasteiger partial charge in [0.05, 0.1) is 30.5 Å². The van der Waals surface area contributed by atoms with Gasteiger partial charge in [0.1, 0.15) is 6.10 Å². The van der Waals surface area contributed by atoms with E-state index in [1.807, 2.05) is 34.6 Å². The summed E-state index contributed by atoms with van der Waals surface area (Å²) in [5, 5.41) is 11.0. The smallest absolute Gasteiger partial charge is 0.170 e. The molecule has 8 fully saturated rings. The summed E-state index contributed by atoms with van der Waals surface area (Å²) in [6, 6.07) is 0. The maximum Gasteiger partial charge on any atom is 0.170 e. The van der Waals surface area contributed by atoms with E-state index < -0.39 is 5.60 Å². The number of hydrogen-bond donors (Lipinski definition) is 1. The molecule has 6 nitrogen and oxygen atoms in total. The van der Waals surface area contributed by atoms with Crippen LogP contribution in [0.1, 0.15) is 159 Å². The molecule has 0 bridgehead atoms. The molecular weight excluding hydrogens is 634 g/mol. The van der Waals surface area contributed by atoms with Gasteiger partial charge >= 0.3 is 0 Å². The molecule has 0 radical (unpaired) electrons. The van der Waals surface area contributed by atoms with Crippen LogP contribution >= 0.6 is 0 Å². The summed E-state index contributed by atoms with van der Waals surface area (Å²) in [6.07, 6.45) is 20.6. The van der Waals surface area contributed by atoms with Gasteiger partial charge in [0, 0.05) is 19.7 Å². The standard InChI is InChI=1S/C43H73NO5.C2H6/c1-8-46-38(40(5,6)45)32-16-14-31-37(48-32)28(2)36-30-15-17-33-39(3,4)34(18-20-43(33)27-42(30,43)22-21-41(31,36)7)49-35-26-44(24-25-47-35)23-19-29-12-10-9-11-13-29;1-2/h28-38,45H,8-27H2,1-7H3;1-2H3/t28?,30?,31?,32?,33-,34-,35?,36?,37?,38-,41+,42-,43+;/m0./s1. The highest BCUT2D eigenvalue weighted by atomic mass is 16.7. The Morgan fingerprint density at radius 1 is 0.902 bits per heavy atom. The predicted molar refractivity (Wildman–Crippen MR) is 205 cm³/mol. The molecule has 0 aromatic rings. The Morgan fingerprint density at radius 2 is 1.65 bits per heavy atom. The number of aliphatic hydroxyl groups is 1. The van der Waals surface area contributed by atoms with Gasteiger partial charge in [0.15, 0.2) is 6.29 Å². The van der Waals surface area contributed by atoms with E-state index >= 15 is 0 Å². The van der Waals surface area contributed by atoms with Crippen LogP contribution in [0, 0.1) is 57.2 Å². The third-order valence-corrected chi connectivity index (χ3v) is 17.3. The first-order chi connectivity index (χ1) is 24.3. The van der Waals surface area contributed by atoms with Gasteiger partial charge in [-0.15, -0.1) is 0 Å². The van der Waals surface area contributed by atoms with Gasteiger partial charge in [0.25, 0.3) is 0 Å². The summed E-state index contributed by atoms with van der Waals surface area (Å²) in [5.41, 5.74) is 0.688. The Morgan fingerprint density at radius 3 is 2.37 bits per heavy atom. The molecule has 0 aromatic carbocycles. The molecule has 0 aromatic heterocycles. The number of fused-ring (bicyclic) bond motifs is 4. The van der Waals surface area contributed by atoms with Crippen molar-refractivity contribution in [1.82, 2.24) is 4.90 Å². The molecule has 2 aliphatic heterocycles. The minimum Gasteiger partial charge on any atom is -0.388 e. The highest BCUT2D eigenvalue weighted by Gasteiger charge is 2.81. The van der Waals surface area contributed by atoms with Crippen LogP contribution in [0.25, 0.3) is 0 Å². The Labute approximate surface area is 313 Å². The van der Waals surface area contributed by atoms with Gasteiger partial charge in [-0.05, 0) is 149 Å². The molecule has 2 spiro atoms. The molecule has 13 atom stereocenters. The minimum absolute atomic E-state index is 0.0162. The van der Waals surface area contributed by atoms with Crippen LogP contribution in [0.15, 0.2) is 0 Å². The van der Waals surface area contributed by atoms with Crippen molar-refractivity contribution in [3.8, 4) is 0 Å². The quantitative estimate of drug-likeness (QED) is 0.257. The Bertz CT molecular complexity index is 1180. The van der Waals surface area contributed by atoms with Gasteiger partial charge in [-0.25, -0.2) is 0 Å². The average Bonchev–Trinajstić information content (AvgIpc) is 3.73. The van der Waals surface area contributed by atoms with E-state index in [1.54, 1.807) is 0 Å². The minimum atomic E-state index is -0.902. The summed E-state index contributed by atoms with van der Waals surface area (Å²) in [5.74, 6) is 4.47. The molecular formula is C45H79NO5. The van der Waals surface area contributed by atoms with Crippen LogP contribution in [0.4, 0.5) is 0 Å². The zero-order valence-electron chi connectivity index (χ0n) is 34.5. The first-order valence-electron chi connectivity index (χ1n) is 22.3. The molecule has 294 valence electrons. The molecule has 6 heteroatoms. The van der Waals surface area contributed by atoms with Crippen molar-refractivity contribution in [3.63, 3.8) is 0 Å². The largest absolute Gasteiger partial charge is 0.388 e. The number of nitrogens with zero attached hydrogens (tertiary/aromatic N) is 1. The van der Waals surface area contributed by atoms with E-state index in [-0.39, 0.29) is 23.9 Å². The van der Waals surface area contributed by atoms with Gasteiger partial charge in [-0.2, -0.15) is 0 Å². The number of rotatable bonds is 9. The zero-order chi connectivity index (χ0) is 36.4. The van der Waals surface area contributed by atoms with E-state index in [4.69, 9.17) is 18.9 Å². The third-order valence-electron chi connectivity index (χ3n) is 17.3. The first kappa shape index (κ1) is 39.0. The summed E-state index contributed by atoms with van der Waals surface area (Å²) >= 11 is 0. The van der Waals surface area contributed by atoms with Crippen LogP contribution in [0.5, 0.6) is 0 Å². The number of ether oxygens (including phenoxy) is 4. The highest BCUT2D eigenvalue weighted by molar-refractivity contribution is 5.29. The molecule has 2 saturated heterocycles. The second-order valence-electron chi connectivity index (χ2n) is 20.3. The lowest BCUT2D eigenvalue weighted by Gasteiger charge is -2.60. The van der Waals surface area contributed by atoms with Crippen molar-refractivity contribution in [2.24, 2.45) is 57.2 Å². The maximum atomic E-state index is 11.0. The molecule has 8 rings (SSSR count). The van der Waals surface area contributed by atoms with Gasteiger partial charge in [-0.3, -0.25) is 4.90 Å². The summed E-state index contributed by atoms with van der Waals surface area (Å²) < 4.78 is 26.6. The zero-order valence-corrected chi connectivity index (χ0v) is 34.5. The summed E-state index contributed by atoms with van der Waals surface area (Å²) in [4.78, 5) is 2.65. The van der Waals surface area contributed by atoms with E-state index in [1.165, 1.54) is 96.4 Å². The van der Waals surface area contributed by atoms with E-state index in [0.29, 0.717) is 46.9 Å². The summed E-state index contributed by atoms with van der Waals surface area (Å²) in [6.45, 7) is 24.9. The van der Waals surface area contributed by atoms with Crippen molar-refractivity contribution >= 4 is 0 Å². The fraction of sp³-hybridized carbons (Fsp3) is 1.00. The van der Waals surface area contributed by atoms with E-state index in [2.05, 4.69) is 32.6 Å². The highest BCUT2D eigenvalue weighted by Crippen LogP contribution is 2.87. The lowest BCUT2D eigenvalue weighted by atomic mass is 9.45. The Hall–Kier alpha value is -0.240. The maximum absolute atomic E-state index is 11.0. The van der Waals surface area contributed by atoms with Crippen molar-refractivity contribution in [1.29, 1.82) is 0 Å². The number of hydrogen-bond acceptors (Lipinski definition) is 6. The fourth-order valence-corrected chi connectivity index (χ4v) is 15.2. The van der Waals surface area contributed by atoms with Gasteiger partial charge < -0.3 is 24.1 Å². The second-order valence-corrected chi connectivity index (χ2v) is 20.3. The van der Waals surface area contributed by atoms with E-state index in [0.717, 1.165) is 49.8 Å². The average molecular weight is 714 g/mol. The van der Waals surface area contributed by atoms with Crippen molar-refractivity contribution in [3.05, 3.63) is 0 Å². The van der Waals surface area contributed by atoms with Crippen LogP contribution in [-0.4, -0.2) is 79.2 Å². The van der Waals surface area contributed by atoms with Crippen LogP contribution < -0.4 is 0 Å². The first-order valence-corrected chi connectivity index (χ1v) is 22.3. The second kappa shape index (κ2) is 14.7.